The van der Waals surface area contributed by atoms with Gasteiger partial charge in [-0.1, -0.05) is 43.7 Å². The van der Waals surface area contributed by atoms with Crippen molar-refractivity contribution in [2.24, 2.45) is 0 Å². The number of hydrogen-bond donors (Lipinski definition) is 1. The molecule has 1 aromatic carbocycles. The van der Waals surface area contributed by atoms with E-state index < -0.39 is 17.7 Å². The highest BCUT2D eigenvalue weighted by Crippen LogP contribution is 2.23. The van der Waals surface area contributed by atoms with E-state index in [0.29, 0.717) is 5.56 Å². The fourth-order valence-corrected chi connectivity index (χ4v) is 1.71. The van der Waals surface area contributed by atoms with E-state index >= 15 is 0 Å². The Morgan fingerprint density at radius 2 is 1.95 bits per heavy atom. The number of aliphatic hydroxyl groups is 1. The van der Waals surface area contributed by atoms with E-state index in [1.54, 1.807) is 39.0 Å². The molecule has 1 atom stereocenters. The summed E-state index contributed by atoms with van der Waals surface area (Å²) in [5.74, 6) is -0.536. The van der Waals surface area contributed by atoms with Crippen molar-refractivity contribution < 1.29 is 14.6 Å². The number of hydrogen-bond acceptors (Lipinski definition) is 3. The molecule has 0 spiro atoms. The number of unbranched alkanes of at least 4 members (excludes halogenated alkanes) is 1. The molecule has 0 radical (unpaired) electrons. The van der Waals surface area contributed by atoms with Crippen molar-refractivity contribution in [3.8, 4) is 0 Å². The number of benzene rings is 1. The first kappa shape index (κ1) is 17.2. The third-order valence-electron chi connectivity index (χ3n) is 2.70. The van der Waals surface area contributed by atoms with Crippen molar-refractivity contribution in [2.45, 2.75) is 52.2 Å². The minimum atomic E-state index is -1.03. The van der Waals surface area contributed by atoms with E-state index in [9.17, 15) is 9.90 Å². The average Bonchev–Trinajstić information content (AvgIpc) is 2.42. The number of carbonyl (C=O) groups is 1. The molecule has 1 N–H and O–H groups in total. The van der Waals surface area contributed by atoms with Gasteiger partial charge in [0.2, 0.25) is 0 Å². The second-order valence-corrected chi connectivity index (χ2v) is 5.87. The summed E-state index contributed by atoms with van der Waals surface area (Å²) in [6, 6.07) is 9.05. The smallest absolute Gasteiger partial charge is 0.345 e. The molecule has 114 valence electrons. The number of esters is 1. The van der Waals surface area contributed by atoms with Crippen molar-refractivity contribution in [1.82, 2.24) is 0 Å². The largest absolute Gasteiger partial charge is 0.456 e. The van der Waals surface area contributed by atoms with Gasteiger partial charge in [0.1, 0.15) is 17.3 Å². The van der Waals surface area contributed by atoms with E-state index in [4.69, 9.17) is 4.74 Å². The predicted molar refractivity (Wildman–Crippen MR) is 83.8 cm³/mol. The normalized spacial score (nSPS) is 12.2. The van der Waals surface area contributed by atoms with E-state index in [1.807, 2.05) is 25.1 Å². The summed E-state index contributed by atoms with van der Waals surface area (Å²) in [4.78, 5) is 12.3. The molecule has 3 nitrogen and oxygen atoms in total. The highest BCUT2D eigenvalue weighted by molar-refractivity contribution is 5.89. The Kier molecular flexibility index (Phi) is 6.41. The molecule has 0 unspecified atom stereocenters. The zero-order valence-electron chi connectivity index (χ0n) is 13.2. The summed E-state index contributed by atoms with van der Waals surface area (Å²) in [5.41, 5.74) is 3.09. The summed E-state index contributed by atoms with van der Waals surface area (Å²) in [6.07, 6.45) is 2.49. The minimum Gasteiger partial charge on any atom is -0.456 e. The number of rotatable bonds is 5. The van der Waals surface area contributed by atoms with Crippen LogP contribution in [0.4, 0.5) is 0 Å². The Balaban J connectivity index is 3.09. The molecule has 3 heteroatoms. The van der Waals surface area contributed by atoms with Gasteiger partial charge in [0, 0.05) is 0 Å². The molecule has 0 saturated heterocycles. The van der Waals surface area contributed by atoms with Crippen LogP contribution in [-0.4, -0.2) is 16.7 Å². The molecule has 0 aliphatic rings. The Morgan fingerprint density at radius 1 is 1.33 bits per heavy atom. The zero-order chi connectivity index (χ0) is 15.9. The van der Waals surface area contributed by atoms with Crippen LogP contribution in [0.3, 0.4) is 0 Å². The second-order valence-electron chi connectivity index (χ2n) is 5.87. The molecule has 0 heterocycles. The van der Waals surface area contributed by atoms with Gasteiger partial charge >= 0.3 is 5.97 Å². The molecular weight excluding hydrogens is 264 g/mol. The predicted octanol–water partition coefficient (Wildman–Crippen LogP) is 3.94. The molecular formula is C18H24O3. The van der Waals surface area contributed by atoms with E-state index in [2.05, 4.69) is 5.73 Å². The monoisotopic (exact) mass is 288 g/mol. The van der Waals surface area contributed by atoms with Gasteiger partial charge in [-0.2, -0.15) is 0 Å². The fraction of sp³-hybridized carbons (Fsp3) is 0.444. The lowest BCUT2D eigenvalue weighted by atomic mass is 10.0. The van der Waals surface area contributed by atoms with Crippen LogP contribution in [0.1, 0.15) is 52.2 Å². The minimum absolute atomic E-state index is 0.143. The van der Waals surface area contributed by atoms with Crippen molar-refractivity contribution in [3.05, 3.63) is 53.3 Å². The zero-order valence-corrected chi connectivity index (χ0v) is 13.2. The van der Waals surface area contributed by atoms with Gasteiger partial charge in [0.05, 0.1) is 0 Å². The maximum absolute atomic E-state index is 12.3. The van der Waals surface area contributed by atoms with Gasteiger partial charge < -0.3 is 9.84 Å². The van der Waals surface area contributed by atoms with Crippen molar-refractivity contribution in [2.75, 3.05) is 0 Å². The lowest BCUT2D eigenvalue weighted by Gasteiger charge is -2.21. The molecule has 21 heavy (non-hydrogen) atoms. The van der Waals surface area contributed by atoms with Gasteiger partial charge in [-0.15, -0.1) is 5.73 Å². The first-order valence-electron chi connectivity index (χ1n) is 7.26. The molecule has 0 aliphatic heterocycles. The molecule has 1 aromatic rings. The van der Waals surface area contributed by atoms with Crippen molar-refractivity contribution in [3.63, 3.8) is 0 Å². The Hall–Kier alpha value is -1.83. The first-order valence-corrected chi connectivity index (χ1v) is 7.26. The van der Waals surface area contributed by atoms with E-state index in [0.717, 1.165) is 12.8 Å². The number of ether oxygens (including phenoxy) is 1. The molecule has 0 amide bonds. The third kappa shape index (κ3) is 5.99. The molecule has 0 fully saturated rings. The highest BCUT2D eigenvalue weighted by Gasteiger charge is 2.25. The molecule has 0 aliphatic carbocycles. The molecule has 1 rings (SSSR count). The lowest BCUT2D eigenvalue weighted by Crippen LogP contribution is -2.26. The maximum Gasteiger partial charge on any atom is 0.345 e. The van der Waals surface area contributed by atoms with Crippen LogP contribution in [-0.2, 0) is 9.53 Å². The SMILES string of the molecule is CCCC=C=C(C(=O)OC(C)(C)C)[C@H](O)c1ccccc1. The van der Waals surface area contributed by atoms with Crippen LogP contribution in [0.2, 0.25) is 0 Å². The van der Waals surface area contributed by atoms with Crippen LogP contribution >= 0.6 is 0 Å². The van der Waals surface area contributed by atoms with Crippen LogP contribution in [0.5, 0.6) is 0 Å². The topological polar surface area (TPSA) is 46.5 Å². The molecule has 0 saturated carbocycles. The van der Waals surface area contributed by atoms with Crippen LogP contribution < -0.4 is 0 Å². The average molecular weight is 288 g/mol. The van der Waals surface area contributed by atoms with Gasteiger partial charge in [0.25, 0.3) is 0 Å². The Labute approximate surface area is 127 Å². The van der Waals surface area contributed by atoms with Gasteiger partial charge in [0.15, 0.2) is 0 Å². The fourth-order valence-electron chi connectivity index (χ4n) is 1.71. The summed E-state index contributed by atoms with van der Waals surface area (Å²) in [6.45, 7) is 7.44. The lowest BCUT2D eigenvalue weighted by molar-refractivity contribution is -0.151. The Bertz CT molecular complexity index is 517. The third-order valence-corrected chi connectivity index (χ3v) is 2.70. The highest BCUT2D eigenvalue weighted by atomic mass is 16.6. The van der Waals surface area contributed by atoms with Crippen LogP contribution in [0.15, 0.2) is 47.7 Å². The summed E-state index contributed by atoms with van der Waals surface area (Å²) < 4.78 is 5.35. The van der Waals surface area contributed by atoms with Crippen molar-refractivity contribution in [1.29, 1.82) is 0 Å². The summed E-state index contributed by atoms with van der Waals surface area (Å²) >= 11 is 0. The summed E-state index contributed by atoms with van der Waals surface area (Å²) in [5, 5.41) is 10.4. The molecule has 0 bridgehead atoms. The summed E-state index contributed by atoms with van der Waals surface area (Å²) in [7, 11) is 0. The molecule has 0 aromatic heterocycles. The van der Waals surface area contributed by atoms with Crippen molar-refractivity contribution >= 4 is 5.97 Å². The standard InChI is InChI=1S/C18H24O3/c1-5-6-8-13-15(17(20)21-18(2,3)4)16(19)14-11-9-7-10-12-14/h7-12,16,19H,5-6H2,1-4H3/t13?,16-/m1/s1. The quantitative estimate of drug-likeness (QED) is 0.507. The van der Waals surface area contributed by atoms with Crippen LogP contribution in [0.25, 0.3) is 0 Å². The number of carbonyl (C=O) groups excluding carboxylic acids is 1. The maximum atomic E-state index is 12.3. The van der Waals surface area contributed by atoms with Crippen LogP contribution in [0, 0.1) is 0 Å². The second kappa shape index (κ2) is 7.82. The van der Waals surface area contributed by atoms with Gasteiger partial charge in [-0.3, -0.25) is 0 Å². The van der Waals surface area contributed by atoms with E-state index in [1.165, 1.54) is 0 Å². The van der Waals surface area contributed by atoms with Gasteiger partial charge in [-0.05, 0) is 38.8 Å². The van der Waals surface area contributed by atoms with E-state index in [-0.39, 0.29) is 5.57 Å². The van der Waals surface area contributed by atoms with Gasteiger partial charge in [-0.25, -0.2) is 4.79 Å². The Morgan fingerprint density at radius 3 is 2.48 bits per heavy atom. The number of aliphatic hydroxyl groups excluding tert-OH is 1. The first-order chi connectivity index (χ1) is 9.85.